The summed E-state index contributed by atoms with van der Waals surface area (Å²) < 4.78 is 33.7. The Labute approximate surface area is 193 Å². The van der Waals surface area contributed by atoms with Crippen molar-refractivity contribution in [3.05, 3.63) is 105 Å². The molecule has 0 atom stereocenters. The van der Waals surface area contributed by atoms with Gasteiger partial charge in [0.1, 0.15) is 5.75 Å². The van der Waals surface area contributed by atoms with Crippen molar-refractivity contribution in [3.8, 4) is 5.75 Å². The maximum Gasteiger partial charge on any atom is 0.252 e. The molecule has 3 aromatic carbocycles. The van der Waals surface area contributed by atoms with E-state index in [1.54, 1.807) is 49.6 Å². The molecule has 0 aliphatic heterocycles. The summed E-state index contributed by atoms with van der Waals surface area (Å²) in [5, 5.41) is 0.854. The Morgan fingerprint density at radius 2 is 1.52 bits per heavy atom. The van der Waals surface area contributed by atoms with Crippen LogP contribution in [-0.4, -0.2) is 24.8 Å². The van der Waals surface area contributed by atoms with Gasteiger partial charge >= 0.3 is 0 Å². The van der Waals surface area contributed by atoms with Crippen molar-refractivity contribution in [2.45, 2.75) is 31.8 Å². The smallest absolute Gasteiger partial charge is 0.252 e. The van der Waals surface area contributed by atoms with Crippen LogP contribution in [-0.2, 0) is 23.1 Å². The van der Waals surface area contributed by atoms with E-state index in [9.17, 15) is 13.2 Å². The summed E-state index contributed by atoms with van der Waals surface area (Å²) in [6, 6.07) is 21.5. The maximum atomic E-state index is 13.6. The zero-order chi connectivity index (χ0) is 23.6. The van der Waals surface area contributed by atoms with Crippen LogP contribution < -0.4 is 10.3 Å². The van der Waals surface area contributed by atoms with Crippen molar-refractivity contribution >= 4 is 20.9 Å². The third-order valence-corrected chi connectivity index (χ3v) is 7.41. The number of aryl methyl sites for hydroxylation is 2. The molecule has 0 fully saturated rings. The van der Waals surface area contributed by atoms with Gasteiger partial charge in [-0.25, -0.2) is 8.42 Å². The van der Waals surface area contributed by atoms with Crippen LogP contribution in [0.4, 0.5) is 0 Å². The normalized spacial score (nSPS) is 11.8. The minimum Gasteiger partial charge on any atom is -0.497 e. The van der Waals surface area contributed by atoms with Gasteiger partial charge in [0, 0.05) is 24.2 Å². The van der Waals surface area contributed by atoms with Gasteiger partial charge in [0.25, 0.3) is 5.56 Å². The zero-order valence-electron chi connectivity index (χ0n) is 18.8. The monoisotopic (exact) mass is 462 g/mol. The second-order valence-corrected chi connectivity index (χ2v) is 10.1. The lowest BCUT2D eigenvalue weighted by Gasteiger charge is -2.23. The second-order valence-electron chi connectivity index (χ2n) is 8.15. The number of ether oxygens (including phenoxy) is 1. The quantitative estimate of drug-likeness (QED) is 0.437. The van der Waals surface area contributed by atoms with Gasteiger partial charge in [0.15, 0.2) is 0 Å². The van der Waals surface area contributed by atoms with E-state index >= 15 is 0 Å². The average Bonchev–Trinajstić information content (AvgIpc) is 2.80. The molecule has 0 saturated carbocycles. The van der Waals surface area contributed by atoms with Crippen LogP contribution in [0.25, 0.3) is 10.9 Å². The van der Waals surface area contributed by atoms with E-state index in [4.69, 9.17) is 4.74 Å². The first-order valence-corrected chi connectivity index (χ1v) is 12.0. The molecule has 4 rings (SSSR count). The molecule has 170 valence electrons. The first-order chi connectivity index (χ1) is 15.8. The highest BCUT2D eigenvalue weighted by Crippen LogP contribution is 2.23. The lowest BCUT2D eigenvalue weighted by molar-refractivity contribution is 0.398. The van der Waals surface area contributed by atoms with E-state index in [1.807, 2.05) is 44.2 Å². The Balaban J connectivity index is 1.75. The molecule has 0 aliphatic rings. The van der Waals surface area contributed by atoms with Crippen LogP contribution in [0.1, 0.15) is 22.3 Å². The van der Waals surface area contributed by atoms with Gasteiger partial charge < -0.3 is 9.72 Å². The van der Waals surface area contributed by atoms with Gasteiger partial charge in [-0.1, -0.05) is 42.0 Å². The Hall–Kier alpha value is -3.42. The van der Waals surface area contributed by atoms with Gasteiger partial charge in [-0.05, 0) is 66.8 Å². The molecule has 0 saturated heterocycles. The molecule has 0 radical (unpaired) electrons. The number of rotatable bonds is 7. The van der Waals surface area contributed by atoms with E-state index in [0.717, 1.165) is 27.6 Å². The van der Waals surface area contributed by atoms with Crippen molar-refractivity contribution in [1.29, 1.82) is 0 Å². The number of nitrogens with zero attached hydrogens (tertiary/aromatic N) is 1. The van der Waals surface area contributed by atoms with Crippen molar-refractivity contribution < 1.29 is 13.2 Å². The van der Waals surface area contributed by atoms with Crippen LogP contribution in [0.15, 0.2) is 82.5 Å². The fraction of sp³-hybridized carbons (Fsp3) is 0.192. The number of sulfonamides is 1. The van der Waals surface area contributed by atoms with Gasteiger partial charge in [-0.2, -0.15) is 4.31 Å². The van der Waals surface area contributed by atoms with Crippen LogP contribution in [0.2, 0.25) is 0 Å². The summed E-state index contributed by atoms with van der Waals surface area (Å²) in [4.78, 5) is 15.9. The second kappa shape index (κ2) is 9.21. The number of methoxy groups -OCH3 is 1. The molecule has 0 bridgehead atoms. The summed E-state index contributed by atoms with van der Waals surface area (Å²) in [6.07, 6.45) is 0. The molecule has 0 spiro atoms. The standard InChI is InChI=1S/C26H26N2O4S/c1-18-5-12-24(13-6-18)33(30,31)28(16-20-7-10-23(32-3)11-8-20)17-22-15-21-9-4-19(2)14-25(21)27-26(22)29/h4-15H,16-17H2,1-3H3,(H,27,29). The molecular weight excluding hydrogens is 436 g/mol. The molecule has 33 heavy (non-hydrogen) atoms. The predicted octanol–water partition coefficient (Wildman–Crippen LogP) is 4.54. The van der Waals surface area contributed by atoms with Gasteiger partial charge in [0.05, 0.1) is 12.0 Å². The number of pyridine rings is 1. The molecule has 0 amide bonds. The number of H-pyrrole nitrogens is 1. The zero-order valence-corrected chi connectivity index (χ0v) is 19.6. The summed E-state index contributed by atoms with van der Waals surface area (Å²) in [5.74, 6) is 0.688. The topological polar surface area (TPSA) is 79.5 Å². The Morgan fingerprint density at radius 3 is 2.18 bits per heavy atom. The highest BCUT2D eigenvalue weighted by molar-refractivity contribution is 7.89. The summed E-state index contributed by atoms with van der Waals surface area (Å²) in [6.45, 7) is 3.92. The number of benzene rings is 3. The fourth-order valence-electron chi connectivity index (χ4n) is 3.69. The number of aromatic amines is 1. The van der Waals surface area contributed by atoms with Gasteiger partial charge in [-0.3, -0.25) is 4.79 Å². The third-order valence-electron chi connectivity index (χ3n) is 5.60. The van der Waals surface area contributed by atoms with Crippen LogP contribution >= 0.6 is 0 Å². The molecule has 0 unspecified atom stereocenters. The maximum absolute atomic E-state index is 13.6. The first kappa shape index (κ1) is 22.8. The largest absolute Gasteiger partial charge is 0.497 e. The number of hydrogen-bond donors (Lipinski definition) is 1. The van der Waals surface area contributed by atoms with E-state index in [2.05, 4.69) is 4.98 Å². The summed E-state index contributed by atoms with van der Waals surface area (Å²) in [5.41, 5.74) is 3.61. The Morgan fingerprint density at radius 1 is 0.848 bits per heavy atom. The number of nitrogens with one attached hydrogen (secondary N) is 1. The molecule has 4 aromatic rings. The predicted molar refractivity (Wildman–Crippen MR) is 130 cm³/mol. The van der Waals surface area contributed by atoms with Crippen molar-refractivity contribution in [2.24, 2.45) is 0 Å². The van der Waals surface area contributed by atoms with Crippen LogP contribution in [0, 0.1) is 13.8 Å². The minimum atomic E-state index is -3.86. The summed E-state index contributed by atoms with van der Waals surface area (Å²) >= 11 is 0. The van der Waals surface area contributed by atoms with Crippen molar-refractivity contribution in [1.82, 2.24) is 9.29 Å². The molecular formula is C26H26N2O4S. The van der Waals surface area contributed by atoms with Crippen LogP contribution in [0.3, 0.4) is 0 Å². The Kier molecular flexibility index (Phi) is 6.35. The highest BCUT2D eigenvalue weighted by Gasteiger charge is 2.26. The lowest BCUT2D eigenvalue weighted by Crippen LogP contribution is -2.32. The van der Waals surface area contributed by atoms with Crippen molar-refractivity contribution in [3.63, 3.8) is 0 Å². The van der Waals surface area contributed by atoms with Crippen molar-refractivity contribution in [2.75, 3.05) is 7.11 Å². The fourth-order valence-corrected chi connectivity index (χ4v) is 5.09. The number of aromatic nitrogens is 1. The molecule has 1 N–H and O–H groups in total. The Bertz CT molecular complexity index is 1440. The van der Waals surface area contributed by atoms with Gasteiger partial charge in [-0.15, -0.1) is 0 Å². The molecule has 7 heteroatoms. The molecule has 6 nitrogen and oxygen atoms in total. The molecule has 1 aromatic heterocycles. The minimum absolute atomic E-state index is 0.0542. The first-order valence-electron chi connectivity index (χ1n) is 10.6. The van der Waals surface area contributed by atoms with Crippen LogP contribution in [0.5, 0.6) is 5.75 Å². The SMILES string of the molecule is COc1ccc(CN(Cc2cc3ccc(C)cc3[nH]c2=O)S(=O)(=O)c2ccc(C)cc2)cc1. The van der Waals surface area contributed by atoms with E-state index < -0.39 is 10.0 Å². The number of fused-ring (bicyclic) bond motifs is 1. The van der Waals surface area contributed by atoms with Gasteiger partial charge in [0.2, 0.25) is 10.0 Å². The third kappa shape index (κ3) is 4.99. The van der Waals surface area contributed by atoms with E-state index in [1.165, 1.54) is 4.31 Å². The molecule has 0 aliphatic carbocycles. The highest BCUT2D eigenvalue weighted by atomic mass is 32.2. The van der Waals surface area contributed by atoms with E-state index in [-0.39, 0.29) is 23.5 Å². The number of hydrogen-bond acceptors (Lipinski definition) is 4. The summed E-state index contributed by atoms with van der Waals surface area (Å²) in [7, 11) is -2.28. The average molecular weight is 463 g/mol. The molecule has 1 heterocycles. The van der Waals surface area contributed by atoms with E-state index in [0.29, 0.717) is 11.3 Å². The lowest BCUT2D eigenvalue weighted by atomic mass is 10.1.